The average Bonchev–Trinajstić information content (AvgIpc) is 2.09. The third-order valence-corrected chi connectivity index (χ3v) is 2.73. The van der Waals surface area contributed by atoms with Crippen LogP contribution in [0.4, 0.5) is 0 Å². The fraction of sp³-hybridized carbons (Fsp3) is 0.778. The molecule has 3 atom stereocenters. The molecule has 0 aromatic heterocycles. The van der Waals surface area contributed by atoms with E-state index in [1.165, 1.54) is 13.8 Å². The molecular weight excluding hydrogens is 268 g/mol. The van der Waals surface area contributed by atoms with Crippen molar-refractivity contribution in [3.8, 4) is 0 Å². The fourth-order valence-electron chi connectivity index (χ4n) is 1.37. The summed E-state index contributed by atoms with van der Waals surface area (Å²) in [7, 11) is 0. The lowest BCUT2D eigenvalue weighted by Gasteiger charge is -2.32. The molecule has 15 heavy (non-hydrogen) atoms. The molecule has 6 heteroatoms. The van der Waals surface area contributed by atoms with Crippen molar-refractivity contribution in [1.82, 2.24) is 0 Å². The van der Waals surface area contributed by atoms with Crippen LogP contribution < -0.4 is 0 Å². The van der Waals surface area contributed by atoms with Crippen LogP contribution in [-0.2, 0) is 23.8 Å². The number of esters is 2. The summed E-state index contributed by atoms with van der Waals surface area (Å²) in [5, 5.41) is -0.340. The lowest BCUT2D eigenvalue weighted by Crippen LogP contribution is -2.42. The SMILES string of the molecule is CC(=O)O[C@@H]1CO[C@H](Br)[C@H](OC(C)=O)C1. The third-order valence-electron chi connectivity index (χ3n) is 1.88. The van der Waals surface area contributed by atoms with E-state index in [2.05, 4.69) is 15.9 Å². The summed E-state index contributed by atoms with van der Waals surface area (Å²) in [5.74, 6) is -0.741. The summed E-state index contributed by atoms with van der Waals surface area (Å²) in [5.41, 5.74) is 0. The second-order valence-electron chi connectivity index (χ2n) is 3.30. The molecule has 0 radical (unpaired) electrons. The number of ether oxygens (including phenoxy) is 3. The quantitative estimate of drug-likeness (QED) is 0.558. The molecular formula is C9H13BrO5. The summed E-state index contributed by atoms with van der Waals surface area (Å²) >= 11 is 3.24. The Hall–Kier alpha value is -0.620. The van der Waals surface area contributed by atoms with E-state index < -0.39 is 6.10 Å². The Bertz CT molecular complexity index is 255. The van der Waals surface area contributed by atoms with Gasteiger partial charge in [-0.1, -0.05) is 15.9 Å². The van der Waals surface area contributed by atoms with Crippen molar-refractivity contribution in [2.75, 3.05) is 6.61 Å². The monoisotopic (exact) mass is 280 g/mol. The van der Waals surface area contributed by atoms with Crippen molar-refractivity contribution in [3.05, 3.63) is 0 Å². The van der Waals surface area contributed by atoms with Gasteiger partial charge < -0.3 is 14.2 Å². The lowest BCUT2D eigenvalue weighted by atomic mass is 10.1. The van der Waals surface area contributed by atoms with Gasteiger partial charge in [0.15, 0.2) is 0 Å². The maximum Gasteiger partial charge on any atom is 0.303 e. The van der Waals surface area contributed by atoms with Crippen molar-refractivity contribution in [1.29, 1.82) is 0 Å². The van der Waals surface area contributed by atoms with Gasteiger partial charge in [-0.2, -0.15) is 0 Å². The number of carbonyl (C=O) groups excluding carboxylic acids is 2. The van der Waals surface area contributed by atoms with Crippen LogP contribution in [0.25, 0.3) is 0 Å². The minimum atomic E-state index is -0.416. The molecule has 0 aromatic carbocycles. The highest BCUT2D eigenvalue weighted by Crippen LogP contribution is 2.23. The van der Waals surface area contributed by atoms with Crippen LogP contribution in [0, 0.1) is 0 Å². The topological polar surface area (TPSA) is 61.8 Å². The smallest absolute Gasteiger partial charge is 0.303 e. The first-order valence-corrected chi connectivity index (χ1v) is 5.50. The van der Waals surface area contributed by atoms with Gasteiger partial charge in [-0.05, 0) is 0 Å². The molecule has 0 aromatic rings. The molecule has 1 fully saturated rings. The molecule has 1 rings (SSSR count). The van der Waals surface area contributed by atoms with Crippen LogP contribution in [-0.4, -0.2) is 35.8 Å². The average molecular weight is 281 g/mol. The van der Waals surface area contributed by atoms with E-state index in [1.54, 1.807) is 0 Å². The fourth-order valence-corrected chi connectivity index (χ4v) is 1.85. The molecule has 0 N–H and O–H groups in total. The molecule has 1 aliphatic rings. The van der Waals surface area contributed by atoms with Crippen LogP contribution in [0.1, 0.15) is 20.3 Å². The summed E-state index contributed by atoms with van der Waals surface area (Å²) < 4.78 is 15.3. The molecule has 0 amide bonds. The van der Waals surface area contributed by atoms with Crippen molar-refractivity contribution in [2.45, 2.75) is 37.5 Å². The van der Waals surface area contributed by atoms with Crippen molar-refractivity contribution in [2.24, 2.45) is 0 Å². The maximum absolute atomic E-state index is 10.8. The van der Waals surface area contributed by atoms with E-state index in [-0.39, 0.29) is 23.1 Å². The molecule has 1 saturated heterocycles. The van der Waals surface area contributed by atoms with E-state index in [0.29, 0.717) is 13.0 Å². The van der Waals surface area contributed by atoms with Gasteiger partial charge in [-0.15, -0.1) is 0 Å². The predicted octanol–water partition coefficient (Wildman–Crippen LogP) is 0.991. The Morgan fingerprint density at radius 2 is 1.87 bits per heavy atom. The second-order valence-corrected chi connectivity index (χ2v) is 4.20. The van der Waals surface area contributed by atoms with Gasteiger partial charge >= 0.3 is 11.9 Å². The second kappa shape index (κ2) is 5.46. The van der Waals surface area contributed by atoms with Gasteiger partial charge in [0.2, 0.25) is 0 Å². The molecule has 0 aliphatic carbocycles. The zero-order chi connectivity index (χ0) is 11.4. The van der Waals surface area contributed by atoms with E-state index in [9.17, 15) is 9.59 Å². The molecule has 0 unspecified atom stereocenters. The number of halogens is 1. The minimum absolute atomic E-state index is 0.313. The van der Waals surface area contributed by atoms with Crippen molar-refractivity contribution in [3.63, 3.8) is 0 Å². The number of alkyl halides is 1. The summed E-state index contributed by atoms with van der Waals surface area (Å²) in [6.07, 6.45) is -0.309. The zero-order valence-electron chi connectivity index (χ0n) is 8.57. The van der Waals surface area contributed by atoms with Crippen molar-refractivity contribution >= 4 is 27.9 Å². The number of hydrogen-bond acceptors (Lipinski definition) is 5. The van der Waals surface area contributed by atoms with Crippen LogP contribution in [0.5, 0.6) is 0 Å². The Labute approximate surface area is 96.2 Å². The van der Waals surface area contributed by atoms with Gasteiger partial charge in [0.05, 0.1) is 6.61 Å². The number of carbonyl (C=O) groups is 2. The molecule has 0 spiro atoms. The third kappa shape index (κ3) is 4.17. The van der Waals surface area contributed by atoms with E-state index in [1.807, 2.05) is 0 Å². The van der Waals surface area contributed by atoms with Crippen LogP contribution in [0.15, 0.2) is 0 Å². The number of rotatable bonds is 2. The molecule has 86 valence electrons. The highest BCUT2D eigenvalue weighted by atomic mass is 79.9. The van der Waals surface area contributed by atoms with Gasteiger partial charge in [0, 0.05) is 20.3 Å². The van der Waals surface area contributed by atoms with Crippen LogP contribution in [0.2, 0.25) is 0 Å². The largest absolute Gasteiger partial charge is 0.460 e. The standard InChI is InChI=1S/C9H13BrO5/c1-5(11)14-7-3-8(15-6(2)12)9(10)13-4-7/h7-9H,3-4H2,1-2H3/t7-,8+,9-/m0/s1. The summed E-state index contributed by atoms with van der Waals surface area (Å²) in [4.78, 5) is 21.5. The van der Waals surface area contributed by atoms with E-state index in [4.69, 9.17) is 14.2 Å². The summed E-state index contributed by atoms with van der Waals surface area (Å²) in [6.45, 7) is 2.98. The number of hydrogen-bond donors (Lipinski definition) is 0. The predicted molar refractivity (Wildman–Crippen MR) is 54.4 cm³/mol. The molecule has 0 bridgehead atoms. The lowest BCUT2D eigenvalue weighted by molar-refractivity contribution is -0.171. The Balaban J connectivity index is 2.47. The molecule has 1 heterocycles. The zero-order valence-corrected chi connectivity index (χ0v) is 10.2. The van der Waals surface area contributed by atoms with Gasteiger partial charge in [0.25, 0.3) is 0 Å². The molecule has 5 nitrogen and oxygen atoms in total. The van der Waals surface area contributed by atoms with E-state index in [0.717, 1.165) is 0 Å². The van der Waals surface area contributed by atoms with Crippen molar-refractivity contribution < 1.29 is 23.8 Å². The van der Waals surface area contributed by atoms with Gasteiger partial charge in [-0.25, -0.2) is 0 Å². The van der Waals surface area contributed by atoms with E-state index >= 15 is 0 Å². The summed E-state index contributed by atoms with van der Waals surface area (Å²) in [6, 6.07) is 0. The Morgan fingerprint density at radius 1 is 1.27 bits per heavy atom. The first-order valence-electron chi connectivity index (χ1n) is 4.59. The highest BCUT2D eigenvalue weighted by Gasteiger charge is 2.33. The maximum atomic E-state index is 10.8. The first kappa shape index (κ1) is 12.4. The molecule has 0 saturated carbocycles. The van der Waals surface area contributed by atoms with Gasteiger partial charge in [-0.3, -0.25) is 9.59 Å². The Morgan fingerprint density at radius 3 is 2.40 bits per heavy atom. The Kier molecular flexibility index (Phi) is 4.53. The normalized spacial score (nSPS) is 30.7. The first-order chi connectivity index (χ1) is 6.99. The highest BCUT2D eigenvalue weighted by molar-refractivity contribution is 9.09. The van der Waals surface area contributed by atoms with Crippen LogP contribution in [0.3, 0.4) is 0 Å². The minimum Gasteiger partial charge on any atom is -0.460 e. The van der Waals surface area contributed by atoms with Crippen LogP contribution >= 0.6 is 15.9 Å². The molecule has 1 aliphatic heterocycles. The van der Waals surface area contributed by atoms with Gasteiger partial charge in [0.1, 0.15) is 17.2 Å².